The van der Waals surface area contributed by atoms with Gasteiger partial charge in [-0.05, 0) is 29.3 Å². The highest BCUT2D eigenvalue weighted by Crippen LogP contribution is 2.20. The number of carbonyl (C=O) groups excluding carboxylic acids is 3. The van der Waals surface area contributed by atoms with Crippen LogP contribution in [0.5, 0.6) is 5.75 Å². The first-order valence-corrected chi connectivity index (χ1v) is 8.25. The summed E-state index contributed by atoms with van der Waals surface area (Å²) in [5.74, 6) is -3.09. The molecule has 0 saturated heterocycles. The van der Waals surface area contributed by atoms with Gasteiger partial charge in [0.15, 0.2) is 0 Å². The lowest BCUT2D eigenvalue weighted by Gasteiger charge is -2.13. The summed E-state index contributed by atoms with van der Waals surface area (Å²) in [5, 5.41) is 17.3. The molecule has 0 bridgehead atoms. The van der Waals surface area contributed by atoms with Gasteiger partial charge in [-0.3, -0.25) is 9.59 Å². The Labute approximate surface area is 161 Å². The molecule has 0 saturated carbocycles. The molecule has 8 heteroatoms. The standard InChI is InChI=1S/C20H19N3O5/c1-2-10-21-18(24)19(25)23-22-12-15-8-9-17(16(11-15)20(26)27)28-13-14-6-4-3-5-7-14/h2-9,11-12H,1,10,13H2,(H,21,24)(H,23,25)(H,26,27)/p-1/b22-12-. The van der Waals surface area contributed by atoms with Gasteiger partial charge in [0.25, 0.3) is 0 Å². The molecular weight excluding hydrogens is 362 g/mol. The topological polar surface area (TPSA) is 120 Å². The van der Waals surface area contributed by atoms with Crippen molar-refractivity contribution < 1.29 is 24.2 Å². The molecule has 144 valence electrons. The molecule has 8 nitrogen and oxygen atoms in total. The zero-order chi connectivity index (χ0) is 20.4. The van der Waals surface area contributed by atoms with Gasteiger partial charge in [0.2, 0.25) is 0 Å². The van der Waals surface area contributed by atoms with Crippen molar-refractivity contribution in [3.63, 3.8) is 0 Å². The number of nitrogens with one attached hydrogen (secondary N) is 2. The van der Waals surface area contributed by atoms with E-state index in [-0.39, 0.29) is 24.5 Å². The van der Waals surface area contributed by atoms with Crippen molar-refractivity contribution in [1.29, 1.82) is 0 Å². The number of hydrogen-bond donors (Lipinski definition) is 2. The van der Waals surface area contributed by atoms with E-state index in [0.29, 0.717) is 5.56 Å². The highest BCUT2D eigenvalue weighted by atomic mass is 16.5. The van der Waals surface area contributed by atoms with Crippen molar-refractivity contribution in [3.8, 4) is 5.75 Å². The van der Waals surface area contributed by atoms with Crippen LogP contribution in [-0.4, -0.2) is 30.5 Å². The zero-order valence-corrected chi connectivity index (χ0v) is 14.9. The molecule has 0 spiro atoms. The minimum atomic E-state index is -1.41. The van der Waals surface area contributed by atoms with Crippen LogP contribution in [0.25, 0.3) is 0 Å². The van der Waals surface area contributed by atoms with Gasteiger partial charge in [0.05, 0.1) is 12.2 Å². The maximum Gasteiger partial charge on any atom is 0.329 e. The lowest BCUT2D eigenvalue weighted by molar-refractivity contribution is -0.255. The van der Waals surface area contributed by atoms with E-state index in [1.54, 1.807) is 6.07 Å². The number of rotatable bonds is 8. The molecule has 0 heterocycles. The van der Waals surface area contributed by atoms with Gasteiger partial charge < -0.3 is 20.0 Å². The first-order valence-electron chi connectivity index (χ1n) is 8.25. The van der Waals surface area contributed by atoms with Gasteiger partial charge in [-0.15, -0.1) is 6.58 Å². The van der Waals surface area contributed by atoms with Gasteiger partial charge in [0, 0.05) is 12.1 Å². The summed E-state index contributed by atoms with van der Waals surface area (Å²) in [5.41, 5.74) is 3.14. The van der Waals surface area contributed by atoms with Crippen LogP contribution in [0.2, 0.25) is 0 Å². The zero-order valence-electron chi connectivity index (χ0n) is 14.9. The van der Waals surface area contributed by atoms with E-state index in [2.05, 4.69) is 17.0 Å². The SMILES string of the molecule is C=CCNC(=O)C(=O)N/N=C\c1ccc(OCc2ccccc2)c(C(=O)[O-])c1. The third kappa shape index (κ3) is 6.10. The highest BCUT2D eigenvalue weighted by molar-refractivity contribution is 6.35. The Morgan fingerprint density at radius 1 is 1.11 bits per heavy atom. The molecule has 2 rings (SSSR count). The molecule has 0 radical (unpaired) electrons. The van der Waals surface area contributed by atoms with Crippen molar-refractivity contribution in [2.75, 3.05) is 6.54 Å². The number of hydrogen-bond acceptors (Lipinski definition) is 6. The van der Waals surface area contributed by atoms with Crippen molar-refractivity contribution in [2.45, 2.75) is 6.61 Å². The van der Waals surface area contributed by atoms with E-state index in [1.807, 2.05) is 35.8 Å². The van der Waals surface area contributed by atoms with Gasteiger partial charge in [-0.25, -0.2) is 5.43 Å². The number of benzene rings is 2. The molecular formula is C20H18N3O5-. The van der Waals surface area contributed by atoms with Crippen LogP contribution in [0.1, 0.15) is 21.5 Å². The maximum atomic E-state index is 11.5. The largest absolute Gasteiger partial charge is 0.545 e. The van der Waals surface area contributed by atoms with Crippen LogP contribution >= 0.6 is 0 Å². The average Bonchev–Trinajstić information content (AvgIpc) is 2.71. The number of amides is 2. The van der Waals surface area contributed by atoms with Crippen molar-refractivity contribution >= 4 is 24.0 Å². The van der Waals surface area contributed by atoms with Crippen molar-refractivity contribution in [2.24, 2.45) is 5.10 Å². The number of aromatic carboxylic acids is 1. The van der Waals surface area contributed by atoms with Gasteiger partial charge in [0.1, 0.15) is 12.4 Å². The fraction of sp³-hybridized carbons (Fsp3) is 0.100. The number of carboxylic acids is 1. The molecule has 2 aromatic carbocycles. The second-order valence-electron chi connectivity index (χ2n) is 5.52. The number of carbonyl (C=O) groups is 3. The third-order valence-electron chi connectivity index (χ3n) is 3.45. The second-order valence-corrected chi connectivity index (χ2v) is 5.52. The Kier molecular flexibility index (Phi) is 7.47. The normalized spacial score (nSPS) is 10.3. The molecule has 0 aliphatic carbocycles. The molecule has 0 aliphatic rings. The molecule has 0 atom stereocenters. The van der Waals surface area contributed by atoms with Gasteiger partial charge in [-0.2, -0.15) is 5.10 Å². The number of ether oxygens (including phenoxy) is 1. The summed E-state index contributed by atoms with van der Waals surface area (Å²) in [4.78, 5) is 34.3. The number of nitrogens with zero attached hydrogens (tertiary/aromatic N) is 1. The quantitative estimate of drug-likeness (QED) is 0.297. The lowest BCUT2D eigenvalue weighted by Crippen LogP contribution is -2.37. The van der Waals surface area contributed by atoms with Crippen LogP contribution in [0.3, 0.4) is 0 Å². The molecule has 28 heavy (non-hydrogen) atoms. The summed E-state index contributed by atoms with van der Waals surface area (Å²) in [6.07, 6.45) is 2.63. The Morgan fingerprint density at radius 3 is 2.54 bits per heavy atom. The van der Waals surface area contributed by atoms with E-state index in [0.717, 1.165) is 5.56 Å². The predicted molar refractivity (Wildman–Crippen MR) is 100 cm³/mol. The number of carboxylic acid groups (broad SMARTS) is 1. The first kappa shape index (κ1) is 20.4. The van der Waals surface area contributed by atoms with Crippen LogP contribution in [-0.2, 0) is 16.2 Å². The average molecular weight is 380 g/mol. The highest BCUT2D eigenvalue weighted by Gasteiger charge is 2.11. The Balaban J connectivity index is 2.03. The summed E-state index contributed by atoms with van der Waals surface area (Å²) in [6, 6.07) is 13.6. The van der Waals surface area contributed by atoms with E-state index in [9.17, 15) is 19.5 Å². The molecule has 2 amide bonds. The van der Waals surface area contributed by atoms with Gasteiger partial charge >= 0.3 is 11.8 Å². The molecule has 0 aromatic heterocycles. The predicted octanol–water partition coefficient (Wildman–Crippen LogP) is 0.381. The van der Waals surface area contributed by atoms with Crippen LogP contribution in [0, 0.1) is 0 Å². The van der Waals surface area contributed by atoms with E-state index in [4.69, 9.17) is 4.74 Å². The van der Waals surface area contributed by atoms with E-state index in [1.165, 1.54) is 24.4 Å². The number of hydrazone groups is 1. The van der Waals surface area contributed by atoms with E-state index >= 15 is 0 Å². The van der Waals surface area contributed by atoms with E-state index < -0.39 is 17.8 Å². The minimum absolute atomic E-state index is 0.147. The van der Waals surface area contributed by atoms with Crippen molar-refractivity contribution in [1.82, 2.24) is 10.7 Å². The minimum Gasteiger partial charge on any atom is -0.545 e. The molecule has 0 fully saturated rings. The Hall–Kier alpha value is -3.94. The monoisotopic (exact) mass is 380 g/mol. The van der Waals surface area contributed by atoms with Crippen LogP contribution in [0.4, 0.5) is 0 Å². The van der Waals surface area contributed by atoms with Gasteiger partial charge in [-0.1, -0.05) is 36.4 Å². The Morgan fingerprint density at radius 2 is 1.86 bits per heavy atom. The third-order valence-corrected chi connectivity index (χ3v) is 3.45. The van der Waals surface area contributed by atoms with Crippen molar-refractivity contribution in [3.05, 3.63) is 77.9 Å². The second kappa shape index (κ2) is 10.3. The summed E-state index contributed by atoms with van der Waals surface area (Å²) >= 11 is 0. The smallest absolute Gasteiger partial charge is 0.329 e. The maximum absolute atomic E-state index is 11.5. The summed E-state index contributed by atoms with van der Waals surface area (Å²) in [6.45, 7) is 3.76. The lowest BCUT2D eigenvalue weighted by atomic mass is 10.1. The summed E-state index contributed by atoms with van der Waals surface area (Å²) < 4.78 is 5.56. The van der Waals surface area contributed by atoms with Crippen LogP contribution < -0.4 is 20.6 Å². The molecule has 2 N–H and O–H groups in total. The fourth-order valence-corrected chi connectivity index (χ4v) is 2.11. The Bertz CT molecular complexity index is 894. The first-order chi connectivity index (χ1) is 13.5. The fourth-order valence-electron chi connectivity index (χ4n) is 2.11. The molecule has 0 unspecified atom stereocenters. The molecule has 0 aliphatic heterocycles. The summed E-state index contributed by atoms with van der Waals surface area (Å²) in [7, 11) is 0. The van der Waals surface area contributed by atoms with Crippen LogP contribution in [0.15, 0.2) is 66.3 Å². The molecule has 2 aromatic rings.